The summed E-state index contributed by atoms with van der Waals surface area (Å²) in [5, 5.41) is 9.06. The zero-order valence-corrected chi connectivity index (χ0v) is 12.5. The second kappa shape index (κ2) is 5.76. The highest BCUT2D eigenvalue weighted by Crippen LogP contribution is 2.30. The number of amides is 3. The van der Waals surface area contributed by atoms with Crippen molar-refractivity contribution in [2.24, 2.45) is 0 Å². The third-order valence-electron chi connectivity index (χ3n) is 3.20. The lowest BCUT2D eigenvalue weighted by Gasteiger charge is -2.24. The molecule has 1 aromatic rings. The van der Waals surface area contributed by atoms with Gasteiger partial charge >= 0.3 is 12.0 Å². The fraction of sp³-hybridized carbons (Fsp3) is 0.214. The average molecular weight is 327 g/mol. The molecule has 0 bridgehead atoms. The van der Waals surface area contributed by atoms with Crippen molar-refractivity contribution in [3.8, 4) is 0 Å². The van der Waals surface area contributed by atoms with Crippen molar-refractivity contribution < 1.29 is 23.9 Å². The van der Waals surface area contributed by atoms with Gasteiger partial charge in [0.25, 0.3) is 5.91 Å². The van der Waals surface area contributed by atoms with Gasteiger partial charge in [-0.15, -0.1) is 0 Å². The minimum atomic E-state index is -1.44. The fourth-order valence-corrected chi connectivity index (χ4v) is 2.46. The molecule has 3 amide bonds. The van der Waals surface area contributed by atoms with Crippen molar-refractivity contribution in [3.63, 3.8) is 0 Å². The predicted molar refractivity (Wildman–Crippen MR) is 77.3 cm³/mol. The van der Waals surface area contributed by atoms with Crippen molar-refractivity contribution in [1.82, 2.24) is 4.90 Å². The van der Waals surface area contributed by atoms with Crippen LogP contribution in [0, 0.1) is 5.82 Å². The number of carboxylic acids is 1. The van der Waals surface area contributed by atoms with Gasteiger partial charge in [-0.2, -0.15) is 0 Å². The first-order valence-electron chi connectivity index (χ1n) is 6.21. The first-order chi connectivity index (χ1) is 10.2. The lowest BCUT2D eigenvalue weighted by molar-refractivity contribution is -0.134. The number of anilines is 1. The summed E-state index contributed by atoms with van der Waals surface area (Å²) >= 11 is 5.89. The minimum Gasteiger partial charge on any atom is -0.477 e. The summed E-state index contributed by atoms with van der Waals surface area (Å²) in [7, 11) is 1.42. The summed E-state index contributed by atoms with van der Waals surface area (Å²) in [6, 6.07) is 2.39. The van der Waals surface area contributed by atoms with E-state index in [9.17, 15) is 23.9 Å². The Morgan fingerprint density at radius 2 is 2.00 bits per heavy atom. The number of hydrogen-bond donors (Lipinski definition) is 1. The molecule has 0 radical (unpaired) electrons. The highest BCUT2D eigenvalue weighted by Gasteiger charge is 2.37. The summed E-state index contributed by atoms with van der Waals surface area (Å²) in [4.78, 5) is 38.0. The minimum absolute atomic E-state index is 0.0124. The Morgan fingerprint density at radius 1 is 1.36 bits per heavy atom. The molecular formula is C14H12ClFN2O4. The number of nitrogens with zero attached hydrogens (tertiary/aromatic N) is 2. The normalized spacial score (nSPS) is 16.2. The van der Waals surface area contributed by atoms with Gasteiger partial charge in [0, 0.05) is 13.6 Å². The van der Waals surface area contributed by atoms with Gasteiger partial charge in [0.2, 0.25) is 0 Å². The molecule has 1 N–H and O–H groups in total. The first-order valence-corrected chi connectivity index (χ1v) is 6.59. The Bertz CT molecular complexity index is 717. The maximum atomic E-state index is 13.1. The average Bonchev–Trinajstić information content (AvgIpc) is 2.47. The summed E-state index contributed by atoms with van der Waals surface area (Å²) < 4.78 is 13.1. The number of carbonyl (C=O) groups excluding carboxylic acids is 2. The second-order valence-electron chi connectivity index (χ2n) is 4.84. The number of carboxylic acid groups (broad SMARTS) is 1. The van der Waals surface area contributed by atoms with E-state index in [4.69, 9.17) is 11.6 Å². The van der Waals surface area contributed by atoms with Crippen LogP contribution in [0.1, 0.15) is 6.92 Å². The third kappa shape index (κ3) is 2.67. The van der Waals surface area contributed by atoms with Crippen LogP contribution < -0.4 is 4.90 Å². The van der Waals surface area contributed by atoms with Crippen molar-refractivity contribution in [1.29, 1.82) is 0 Å². The van der Waals surface area contributed by atoms with Crippen LogP contribution >= 0.6 is 11.6 Å². The largest absolute Gasteiger partial charge is 0.477 e. The van der Waals surface area contributed by atoms with E-state index < -0.39 is 29.3 Å². The number of aliphatic carboxylic acids is 1. The molecule has 22 heavy (non-hydrogen) atoms. The lowest BCUT2D eigenvalue weighted by Crippen LogP contribution is -2.44. The zero-order valence-electron chi connectivity index (χ0n) is 11.8. The Labute approximate surface area is 130 Å². The van der Waals surface area contributed by atoms with Gasteiger partial charge in [0.15, 0.2) is 0 Å². The van der Waals surface area contributed by atoms with E-state index in [-0.39, 0.29) is 22.8 Å². The van der Waals surface area contributed by atoms with Gasteiger partial charge in [0.05, 0.1) is 10.7 Å². The van der Waals surface area contributed by atoms with Crippen LogP contribution in [0.5, 0.6) is 0 Å². The number of imide groups is 1. The zero-order chi connectivity index (χ0) is 16.6. The monoisotopic (exact) mass is 326 g/mol. The molecular weight excluding hydrogens is 315 g/mol. The standard InChI is InChI=1S/C14H12ClFN2O4/c1-7-6-17(2)14(22)18(12(19)11(7)13(20)21)10-4-3-8(16)5-9(10)15/h3-5H,6H2,1-2H3,(H,20,21). The van der Waals surface area contributed by atoms with Gasteiger partial charge in [0.1, 0.15) is 11.4 Å². The van der Waals surface area contributed by atoms with Gasteiger partial charge in [-0.3, -0.25) is 4.79 Å². The van der Waals surface area contributed by atoms with Crippen molar-refractivity contribution in [2.45, 2.75) is 6.92 Å². The van der Waals surface area contributed by atoms with E-state index >= 15 is 0 Å². The number of urea groups is 1. The number of benzene rings is 1. The summed E-state index contributed by atoms with van der Waals surface area (Å²) in [5.74, 6) is -3.08. The number of hydrogen-bond acceptors (Lipinski definition) is 3. The van der Waals surface area contributed by atoms with Gasteiger partial charge in [-0.05, 0) is 30.7 Å². The Balaban J connectivity index is 2.64. The molecule has 8 heteroatoms. The summed E-state index contributed by atoms with van der Waals surface area (Å²) in [5.41, 5.74) is -0.328. The Kier molecular flexibility index (Phi) is 4.18. The molecule has 0 unspecified atom stereocenters. The molecule has 1 aliphatic rings. The molecule has 0 atom stereocenters. The van der Waals surface area contributed by atoms with E-state index in [1.54, 1.807) is 0 Å². The lowest BCUT2D eigenvalue weighted by atomic mass is 10.1. The van der Waals surface area contributed by atoms with E-state index in [0.717, 1.165) is 18.2 Å². The maximum Gasteiger partial charge on any atom is 0.341 e. The van der Waals surface area contributed by atoms with E-state index in [2.05, 4.69) is 0 Å². The highest BCUT2D eigenvalue weighted by molar-refractivity contribution is 6.37. The predicted octanol–water partition coefficient (Wildman–Crippen LogP) is 2.28. The topological polar surface area (TPSA) is 77.9 Å². The summed E-state index contributed by atoms with van der Waals surface area (Å²) in [6.07, 6.45) is 0. The molecule has 0 aromatic heterocycles. The number of halogens is 2. The Morgan fingerprint density at radius 3 is 2.55 bits per heavy atom. The molecule has 0 spiro atoms. The second-order valence-corrected chi connectivity index (χ2v) is 5.24. The van der Waals surface area contributed by atoms with Gasteiger partial charge < -0.3 is 10.0 Å². The van der Waals surface area contributed by atoms with Crippen LogP contribution in [-0.2, 0) is 9.59 Å². The molecule has 1 aliphatic heterocycles. The third-order valence-corrected chi connectivity index (χ3v) is 3.50. The quantitative estimate of drug-likeness (QED) is 0.846. The van der Waals surface area contributed by atoms with Crippen LogP contribution in [-0.4, -0.2) is 41.5 Å². The van der Waals surface area contributed by atoms with Crippen LogP contribution in [0.2, 0.25) is 5.02 Å². The van der Waals surface area contributed by atoms with Crippen molar-refractivity contribution in [3.05, 3.63) is 40.2 Å². The van der Waals surface area contributed by atoms with Crippen LogP contribution in [0.4, 0.5) is 14.9 Å². The van der Waals surface area contributed by atoms with E-state index in [1.807, 2.05) is 0 Å². The Hall–Kier alpha value is -2.41. The molecule has 0 saturated carbocycles. The van der Waals surface area contributed by atoms with E-state index in [1.165, 1.54) is 18.9 Å². The number of rotatable bonds is 2. The molecule has 0 fully saturated rings. The van der Waals surface area contributed by atoms with Crippen molar-refractivity contribution in [2.75, 3.05) is 18.5 Å². The van der Waals surface area contributed by atoms with Gasteiger partial charge in [-0.1, -0.05) is 11.6 Å². The van der Waals surface area contributed by atoms with Crippen LogP contribution in [0.25, 0.3) is 0 Å². The first kappa shape index (κ1) is 16.0. The van der Waals surface area contributed by atoms with E-state index in [0.29, 0.717) is 4.90 Å². The van der Waals surface area contributed by atoms with Crippen molar-refractivity contribution >= 4 is 35.2 Å². The molecule has 116 valence electrons. The maximum absolute atomic E-state index is 13.1. The SMILES string of the molecule is CC1=C(C(=O)O)C(=O)N(c2ccc(F)cc2Cl)C(=O)N(C)C1. The molecule has 1 heterocycles. The molecule has 2 rings (SSSR count). The number of likely N-dealkylation sites (N-methyl/N-ethyl adjacent to an activating group) is 1. The smallest absolute Gasteiger partial charge is 0.341 e. The molecule has 0 saturated heterocycles. The summed E-state index contributed by atoms with van der Waals surface area (Å²) in [6.45, 7) is 1.45. The van der Waals surface area contributed by atoms with Gasteiger partial charge in [-0.25, -0.2) is 18.9 Å². The fourth-order valence-electron chi connectivity index (χ4n) is 2.20. The van der Waals surface area contributed by atoms with Crippen LogP contribution in [0.15, 0.2) is 29.3 Å². The van der Waals surface area contributed by atoms with Crippen LogP contribution in [0.3, 0.4) is 0 Å². The number of carbonyl (C=O) groups is 3. The highest BCUT2D eigenvalue weighted by atomic mass is 35.5. The molecule has 0 aliphatic carbocycles. The molecule has 6 nitrogen and oxygen atoms in total. The molecule has 1 aromatic carbocycles.